The molecule has 1 heterocycles. The average molecular weight is 288 g/mol. The number of nitrogens with one attached hydrogen (secondary N) is 1. The van der Waals surface area contributed by atoms with Gasteiger partial charge in [-0.05, 0) is 18.8 Å². The first kappa shape index (κ1) is 14.6. The molecule has 1 aromatic rings. The fourth-order valence-corrected chi connectivity index (χ4v) is 2.21. The second kappa shape index (κ2) is 6.13. The van der Waals surface area contributed by atoms with Crippen LogP contribution in [0.1, 0.15) is 12.8 Å². The molecule has 7 heteroatoms. The predicted octanol–water partition coefficient (Wildman–Crippen LogP) is 2.34. The van der Waals surface area contributed by atoms with Crippen molar-refractivity contribution in [1.82, 2.24) is 4.90 Å². The van der Waals surface area contributed by atoms with E-state index < -0.39 is 29.2 Å². The van der Waals surface area contributed by atoms with E-state index in [1.165, 1.54) is 4.90 Å². The van der Waals surface area contributed by atoms with Gasteiger partial charge in [0.2, 0.25) is 0 Å². The fourth-order valence-electron chi connectivity index (χ4n) is 2.21. The van der Waals surface area contributed by atoms with E-state index in [1.54, 1.807) is 0 Å². The number of amides is 2. The van der Waals surface area contributed by atoms with E-state index in [9.17, 15) is 18.0 Å². The summed E-state index contributed by atoms with van der Waals surface area (Å²) in [5, 5.41) is 11.3. The molecule has 2 N–H and O–H groups in total. The van der Waals surface area contributed by atoms with Crippen molar-refractivity contribution in [2.24, 2.45) is 5.92 Å². The van der Waals surface area contributed by atoms with Crippen molar-refractivity contribution in [2.45, 2.75) is 12.8 Å². The normalized spacial score (nSPS) is 19.0. The lowest BCUT2D eigenvalue weighted by atomic mass is 9.99. The molecule has 1 atom stereocenters. The summed E-state index contributed by atoms with van der Waals surface area (Å²) in [5.74, 6) is -3.58. The van der Waals surface area contributed by atoms with E-state index in [4.69, 9.17) is 5.11 Å². The number of carbonyl (C=O) groups is 1. The number of urea groups is 1. The van der Waals surface area contributed by atoms with Crippen molar-refractivity contribution in [3.8, 4) is 0 Å². The lowest BCUT2D eigenvalue weighted by Gasteiger charge is -2.31. The number of aliphatic hydroxyl groups excluding tert-OH is 1. The lowest BCUT2D eigenvalue weighted by molar-refractivity contribution is 0.136. The molecule has 2 amide bonds. The molecule has 0 saturated carbocycles. The quantitative estimate of drug-likeness (QED) is 0.821. The highest BCUT2D eigenvalue weighted by molar-refractivity contribution is 5.89. The topological polar surface area (TPSA) is 52.6 Å². The van der Waals surface area contributed by atoms with Gasteiger partial charge in [-0.2, -0.15) is 0 Å². The van der Waals surface area contributed by atoms with Crippen molar-refractivity contribution >= 4 is 11.7 Å². The molecule has 1 aliphatic rings. The Bertz CT molecular complexity index is 511. The Morgan fingerprint density at radius 1 is 1.30 bits per heavy atom. The average Bonchev–Trinajstić information content (AvgIpc) is 2.44. The van der Waals surface area contributed by atoms with Gasteiger partial charge in [-0.3, -0.25) is 0 Å². The summed E-state index contributed by atoms with van der Waals surface area (Å²) in [6.45, 7) is 0.810. The van der Waals surface area contributed by atoms with Crippen LogP contribution in [0.3, 0.4) is 0 Å². The molecule has 0 radical (unpaired) electrons. The number of piperidine rings is 1. The third kappa shape index (κ3) is 3.22. The number of hydrogen-bond donors (Lipinski definition) is 2. The molecule has 1 fully saturated rings. The van der Waals surface area contributed by atoms with Crippen LogP contribution in [0, 0.1) is 23.4 Å². The molecule has 1 saturated heterocycles. The minimum absolute atomic E-state index is 0.00991. The van der Waals surface area contributed by atoms with E-state index in [-0.39, 0.29) is 12.5 Å². The van der Waals surface area contributed by atoms with Crippen molar-refractivity contribution < 1.29 is 23.1 Å². The van der Waals surface area contributed by atoms with Gasteiger partial charge in [0.05, 0.1) is 5.69 Å². The summed E-state index contributed by atoms with van der Waals surface area (Å²) in [6, 6.07) is 0.404. The maximum Gasteiger partial charge on any atom is 0.321 e. The molecule has 1 aromatic carbocycles. The number of hydrogen-bond acceptors (Lipinski definition) is 2. The molecule has 0 aromatic heterocycles. The smallest absolute Gasteiger partial charge is 0.321 e. The zero-order chi connectivity index (χ0) is 14.7. The van der Waals surface area contributed by atoms with Gasteiger partial charge in [0.15, 0.2) is 11.6 Å². The summed E-state index contributed by atoms with van der Waals surface area (Å²) in [6.07, 6.45) is 1.55. The Kier molecular flexibility index (Phi) is 4.49. The largest absolute Gasteiger partial charge is 0.396 e. The van der Waals surface area contributed by atoms with Gasteiger partial charge in [-0.1, -0.05) is 0 Å². The molecule has 1 unspecified atom stereocenters. The van der Waals surface area contributed by atoms with Crippen LogP contribution in [-0.4, -0.2) is 35.7 Å². The second-order valence-electron chi connectivity index (χ2n) is 4.81. The van der Waals surface area contributed by atoms with Crippen LogP contribution in [0.25, 0.3) is 0 Å². The number of carbonyl (C=O) groups excluding carboxylic acids is 1. The number of rotatable bonds is 2. The van der Waals surface area contributed by atoms with Gasteiger partial charge < -0.3 is 15.3 Å². The van der Waals surface area contributed by atoms with Crippen LogP contribution >= 0.6 is 0 Å². The Morgan fingerprint density at radius 2 is 2.00 bits per heavy atom. The minimum atomic E-state index is -1.31. The number of halogens is 3. The molecule has 110 valence electrons. The zero-order valence-corrected chi connectivity index (χ0v) is 10.7. The van der Waals surface area contributed by atoms with Crippen molar-refractivity contribution in [2.75, 3.05) is 25.0 Å². The minimum Gasteiger partial charge on any atom is -0.396 e. The molecule has 0 spiro atoms. The van der Waals surface area contributed by atoms with E-state index in [0.717, 1.165) is 12.8 Å². The second-order valence-corrected chi connectivity index (χ2v) is 4.81. The number of likely N-dealkylation sites (tertiary alicyclic amines) is 1. The molecular formula is C13H15F3N2O2. The standard InChI is InChI=1S/C13H15F3N2O2/c14-9-4-11(16)12(5-10(9)15)17-13(20)18-3-1-2-8(6-18)7-19/h4-5,8,19H,1-3,6-7H2,(H,17,20). The highest BCUT2D eigenvalue weighted by Crippen LogP contribution is 2.21. The highest BCUT2D eigenvalue weighted by Gasteiger charge is 2.24. The van der Waals surface area contributed by atoms with E-state index in [2.05, 4.69) is 5.32 Å². The van der Waals surface area contributed by atoms with Crippen LogP contribution in [0.4, 0.5) is 23.7 Å². The SMILES string of the molecule is O=C(Nc1cc(F)c(F)cc1F)N1CCCC(CO)C1. The summed E-state index contributed by atoms with van der Waals surface area (Å²) >= 11 is 0. The fraction of sp³-hybridized carbons (Fsp3) is 0.462. The van der Waals surface area contributed by atoms with Gasteiger partial charge in [0.25, 0.3) is 0 Å². The molecule has 0 bridgehead atoms. The summed E-state index contributed by atoms with van der Waals surface area (Å²) in [5.41, 5.74) is -0.403. The highest BCUT2D eigenvalue weighted by atomic mass is 19.2. The van der Waals surface area contributed by atoms with Gasteiger partial charge in [-0.15, -0.1) is 0 Å². The van der Waals surface area contributed by atoms with Crippen molar-refractivity contribution in [3.05, 3.63) is 29.6 Å². The maximum atomic E-state index is 13.4. The Labute approximate surface area is 114 Å². The van der Waals surface area contributed by atoms with Gasteiger partial charge in [0, 0.05) is 31.8 Å². The number of anilines is 1. The number of benzene rings is 1. The van der Waals surface area contributed by atoms with Crippen molar-refractivity contribution in [3.63, 3.8) is 0 Å². The zero-order valence-electron chi connectivity index (χ0n) is 10.7. The number of nitrogens with zero attached hydrogens (tertiary/aromatic N) is 1. The first-order valence-corrected chi connectivity index (χ1v) is 6.32. The van der Waals surface area contributed by atoms with Crippen LogP contribution < -0.4 is 5.32 Å². The third-order valence-electron chi connectivity index (χ3n) is 3.32. The Balaban J connectivity index is 2.06. The van der Waals surface area contributed by atoms with Gasteiger partial charge in [0.1, 0.15) is 5.82 Å². The monoisotopic (exact) mass is 288 g/mol. The van der Waals surface area contributed by atoms with Gasteiger partial charge in [-0.25, -0.2) is 18.0 Å². The first-order valence-electron chi connectivity index (χ1n) is 6.32. The molecule has 4 nitrogen and oxygen atoms in total. The summed E-state index contributed by atoms with van der Waals surface area (Å²) in [7, 11) is 0. The van der Waals surface area contributed by atoms with Crippen LogP contribution in [-0.2, 0) is 0 Å². The van der Waals surface area contributed by atoms with Gasteiger partial charge >= 0.3 is 6.03 Å². The van der Waals surface area contributed by atoms with E-state index in [0.29, 0.717) is 25.2 Å². The molecular weight excluding hydrogens is 273 g/mol. The van der Waals surface area contributed by atoms with E-state index >= 15 is 0 Å². The molecule has 0 aliphatic carbocycles. The third-order valence-corrected chi connectivity index (χ3v) is 3.32. The van der Waals surface area contributed by atoms with Crippen LogP contribution in [0.2, 0.25) is 0 Å². The first-order chi connectivity index (χ1) is 9.51. The molecule has 20 heavy (non-hydrogen) atoms. The Morgan fingerprint density at radius 3 is 2.70 bits per heavy atom. The summed E-state index contributed by atoms with van der Waals surface area (Å²) in [4.78, 5) is 13.3. The Hall–Kier alpha value is -1.76. The van der Waals surface area contributed by atoms with Crippen molar-refractivity contribution in [1.29, 1.82) is 0 Å². The van der Waals surface area contributed by atoms with E-state index in [1.807, 2.05) is 0 Å². The molecule has 2 rings (SSSR count). The predicted molar refractivity (Wildman–Crippen MR) is 66.7 cm³/mol. The van der Waals surface area contributed by atoms with Crippen LogP contribution in [0.15, 0.2) is 12.1 Å². The summed E-state index contributed by atoms with van der Waals surface area (Å²) < 4.78 is 39.2. The van der Waals surface area contributed by atoms with Crippen LogP contribution in [0.5, 0.6) is 0 Å². The lowest BCUT2D eigenvalue weighted by Crippen LogP contribution is -2.43. The molecule has 1 aliphatic heterocycles. The number of aliphatic hydroxyl groups is 1. The maximum absolute atomic E-state index is 13.4.